The number of hydrogen-bond acceptors (Lipinski definition) is 4. The Hall–Kier alpha value is -1.14. The molecule has 5 nitrogen and oxygen atoms in total. The lowest BCUT2D eigenvalue weighted by molar-refractivity contribution is 0.143. The highest BCUT2D eigenvalue weighted by atomic mass is 32.1. The third-order valence-corrected chi connectivity index (χ3v) is 3.70. The molecule has 1 rings (SSSR count). The molecule has 0 spiro atoms. The fraction of sp³-hybridized carbons (Fsp3) is 0.714. The molecule has 0 aliphatic carbocycles. The Morgan fingerprint density at radius 3 is 2.85 bits per heavy atom. The summed E-state index contributed by atoms with van der Waals surface area (Å²) in [5.41, 5.74) is 2.94. The van der Waals surface area contributed by atoms with Gasteiger partial charge in [-0.1, -0.05) is 0 Å². The van der Waals surface area contributed by atoms with Gasteiger partial charge in [0, 0.05) is 31.2 Å². The lowest BCUT2D eigenvalue weighted by Crippen LogP contribution is -2.37. The van der Waals surface area contributed by atoms with E-state index in [0.29, 0.717) is 6.54 Å². The lowest BCUT2D eigenvalue weighted by Gasteiger charge is -2.11. The molecule has 0 fully saturated rings. The highest BCUT2D eigenvalue weighted by Gasteiger charge is 2.01. The summed E-state index contributed by atoms with van der Waals surface area (Å²) in [6.07, 6.45) is 2.16. The van der Waals surface area contributed by atoms with E-state index in [4.69, 9.17) is 4.74 Å². The first-order valence-corrected chi connectivity index (χ1v) is 8.14. The predicted molar refractivity (Wildman–Crippen MR) is 85.4 cm³/mol. The number of hydrogen-bond donors (Lipinski definition) is 2. The molecule has 0 saturated carbocycles. The highest BCUT2D eigenvalue weighted by Crippen LogP contribution is 2.12. The summed E-state index contributed by atoms with van der Waals surface area (Å²) in [7, 11) is 0. The van der Waals surface area contributed by atoms with Gasteiger partial charge in [-0.05, 0) is 33.6 Å². The van der Waals surface area contributed by atoms with Crippen molar-refractivity contribution in [1.29, 1.82) is 0 Å². The molecular weight excluding hydrogens is 272 g/mol. The molecule has 1 aromatic heterocycles. The second-order valence-electron chi connectivity index (χ2n) is 4.39. The Kier molecular flexibility index (Phi) is 8.98. The van der Waals surface area contributed by atoms with Crippen LogP contribution in [-0.2, 0) is 11.3 Å². The molecule has 0 atom stereocenters. The van der Waals surface area contributed by atoms with Crippen LogP contribution in [0.1, 0.15) is 37.3 Å². The normalized spacial score (nSPS) is 11.7. The fourth-order valence-electron chi connectivity index (χ4n) is 1.65. The molecule has 0 bridgehead atoms. The summed E-state index contributed by atoms with van der Waals surface area (Å²) in [6, 6.07) is 0. The van der Waals surface area contributed by atoms with Gasteiger partial charge in [0.05, 0.1) is 17.7 Å². The summed E-state index contributed by atoms with van der Waals surface area (Å²) < 4.78 is 5.32. The zero-order valence-electron chi connectivity index (χ0n) is 12.7. The first-order valence-electron chi connectivity index (χ1n) is 7.26. The van der Waals surface area contributed by atoms with E-state index in [1.54, 1.807) is 11.3 Å². The zero-order chi connectivity index (χ0) is 14.6. The average molecular weight is 298 g/mol. The van der Waals surface area contributed by atoms with E-state index in [-0.39, 0.29) is 0 Å². The molecule has 0 unspecified atom stereocenters. The topological polar surface area (TPSA) is 58.5 Å². The van der Waals surface area contributed by atoms with Gasteiger partial charge < -0.3 is 15.4 Å². The molecule has 0 saturated heterocycles. The Morgan fingerprint density at radius 2 is 2.20 bits per heavy atom. The molecule has 2 N–H and O–H groups in total. The monoisotopic (exact) mass is 298 g/mol. The smallest absolute Gasteiger partial charge is 0.191 e. The van der Waals surface area contributed by atoms with Gasteiger partial charge >= 0.3 is 0 Å². The maximum atomic E-state index is 5.32. The van der Waals surface area contributed by atoms with Crippen LogP contribution in [0, 0.1) is 6.92 Å². The molecule has 0 aliphatic rings. The second kappa shape index (κ2) is 10.6. The van der Waals surface area contributed by atoms with Crippen molar-refractivity contribution in [3.8, 4) is 0 Å². The maximum absolute atomic E-state index is 5.32. The lowest BCUT2D eigenvalue weighted by atomic mass is 10.3. The fourth-order valence-corrected chi connectivity index (χ4v) is 2.35. The molecule has 6 heteroatoms. The van der Waals surface area contributed by atoms with Crippen LogP contribution in [0.2, 0.25) is 0 Å². The number of rotatable bonds is 9. The van der Waals surface area contributed by atoms with Crippen LogP contribution in [-0.4, -0.2) is 37.2 Å². The number of thiazole rings is 1. The van der Waals surface area contributed by atoms with Gasteiger partial charge in [-0.2, -0.15) is 0 Å². The van der Waals surface area contributed by atoms with Gasteiger partial charge in [-0.3, -0.25) is 0 Å². The van der Waals surface area contributed by atoms with Crippen LogP contribution in [0.3, 0.4) is 0 Å². The van der Waals surface area contributed by atoms with Gasteiger partial charge in [0.2, 0.25) is 0 Å². The van der Waals surface area contributed by atoms with Crippen molar-refractivity contribution < 1.29 is 4.74 Å². The Labute approximate surface area is 125 Å². The van der Waals surface area contributed by atoms with E-state index < -0.39 is 0 Å². The van der Waals surface area contributed by atoms with Gasteiger partial charge in [0.15, 0.2) is 5.96 Å². The Balaban J connectivity index is 2.30. The van der Waals surface area contributed by atoms with Gasteiger partial charge in [-0.15, -0.1) is 11.3 Å². The minimum Gasteiger partial charge on any atom is -0.382 e. The molecule has 0 aromatic carbocycles. The number of aryl methyl sites for hydroxylation is 1. The van der Waals surface area contributed by atoms with Gasteiger partial charge in [0.25, 0.3) is 0 Å². The van der Waals surface area contributed by atoms with Gasteiger partial charge in [0.1, 0.15) is 0 Å². The van der Waals surface area contributed by atoms with Crippen molar-refractivity contribution >= 4 is 17.3 Å². The Morgan fingerprint density at radius 1 is 1.35 bits per heavy atom. The van der Waals surface area contributed by atoms with E-state index in [2.05, 4.69) is 27.5 Å². The molecule has 0 aliphatic heterocycles. The highest BCUT2D eigenvalue weighted by molar-refractivity contribution is 7.09. The largest absolute Gasteiger partial charge is 0.382 e. The summed E-state index contributed by atoms with van der Waals surface area (Å²) >= 11 is 1.66. The molecule has 0 amide bonds. The first-order chi connectivity index (χ1) is 9.77. The van der Waals surface area contributed by atoms with Crippen molar-refractivity contribution in [2.24, 2.45) is 4.99 Å². The number of aliphatic imine (C=N–C) groups is 1. The SMILES string of the molecule is CCNC(=NCc1scnc1C)NCCCCOCC. The molecular formula is C14H26N4OS. The minimum atomic E-state index is 0.685. The molecule has 1 heterocycles. The van der Waals surface area contributed by atoms with Crippen LogP contribution < -0.4 is 10.6 Å². The van der Waals surface area contributed by atoms with E-state index in [9.17, 15) is 0 Å². The quantitative estimate of drug-likeness (QED) is 0.417. The van der Waals surface area contributed by atoms with Crippen molar-refractivity contribution in [2.45, 2.75) is 40.2 Å². The number of aromatic nitrogens is 1. The van der Waals surface area contributed by atoms with Crippen LogP contribution in [0.25, 0.3) is 0 Å². The number of unbranched alkanes of at least 4 members (excludes halogenated alkanes) is 1. The van der Waals surface area contributed by atoms with Crippen molar-refractivity contribution in [2.75, 3.05) is 26.3 Å². The number of guanidine groups is 1. The zero-order valence-corrected chi connectivity index (χ0v) is 13.6. The average Bonchev–Trinajstić information content (AvgIpc) is 2.85. The van der Waals surface area contributed by atoms with Crippen LogP contribution >= 0.6 is 11.3 Å². The molecule has 0 radical (unpaired) electrons. The van der Waals surface area contributed by atoms with E-state index in [1.165, 1.54) is 4.88 Å². The molecule has 20 heavy (non-hydrogen) atoms. The maximum Gasteiger partial charge on any atom is 0.191 e. The molecule has 114 valence electrons. The predicted octanol–water partition coefficient (Wildman–Crippen LogP) is 2.32. The molecule has 1 aromatic rings. The summed E-state index contributed by atoms with van der Waals surface area (Å²) in [5, 5.41) is 6.61. The Bertz CT molecular complexity index is 392. The van der Waals surface area contributed by atoms with E-state index >= 15 is 0 Å². The minimum absolute atomic E-state index is 0.685. The standard InChI is InChI=1S/C14H26N4OS/c1-4-15-14(16-8-6-7-9-19-5-2)17-10-13-12(3)18-11-20-13/h11H,4-10H2,1-3H3,(H2,15,16,17). The number of nitrogens with one attached hydrogen (secondary N) is 2. The summed E-state index contributed by atoms with van der Waals surface area (Å²) in [6.45, 7) is 10.2. The van der Waals surface area contributed by atoms with E-state index in [0.717, 1.165) is 50.8 Å². The van der Waals surface area contributed by atoms with E-state index in [1.807, 2.05) is 19.4 Å². The third kappa shape index (κ3) is 6.86. The second-order valence-corrected chi connectivity index (χ2v) is 5.33. The first kappa shape index (κ1) is 16.9. The van der Waals surface area contributed by atoms with Crippen LogP contribution in [0.4, 0.5) is 0 Å². The summed E-state index contributed by atoms with van der Waals surface area (Å²) in [5.74, 6) is 0.872. The summed E-state index contributed by atoms with van der Waals surface area (Å²) in [4.78, 5) is 10.0. The number of nitrogens with zero attached hydrogens (tertiary/aromatic N) is 2. The van der Waals surface area contributed by atoms with Gasteiger partial charge in [-0.25, -0.2) is 9.98 Å². The third-order valence-electron chi connectivity index (χ3n) is 2.78. The number of ether oxygens (including phenoxy) is 1. The van der Waals surface area contributed by atoms with Crippen LogP contribution in [0.15, 0.2) is 10.5 Å². The van der Waals surface area contributed by atoms with Crippen molar-refractivity contribution in [1.82, 2.24) is 15.6 Å². The van der Waals surface area contributed by atoms with Crippen LogP contribution in [0.5, 0.6) is 0 Å². The van der Waals surface area contributed by atoms with Crippen molar-refractivity contribution in [3.63, 3.8) is 0 Å². The van der Waals surface area contributed by atoms with Crippen molar-refractivity contribution in [3.05, 3.63) is 16.1 Å².